The minimum atomic E-state index is -0.473. The highest BCUT2D eigenvalue weighted by Crippen LogP contribution is 2.24. The van der Waals surface area contributed by atoms with Gasteiger partial charge < -0.3 is 9.47 Å². The van der Waals surface area contributed by atoms with Gasteiger partial charge in [-0.25, -0.2) is 4.39 Å². The molecule has 1 aromatic heterocycles. The van der Waals surface area contributed by atoms with Crippen LogP contribution in [0.25, 0.3) is 0 Å². The first-order valence-corrected chi connectivity index (χ1v) is 6.10. The van der Waals surface area contributed by atoms with E-state index in [4.69, 9.17) is 9.47 Å². The van der Waals surface area contributed by atoms with E-state index in [1.807, 2.05) is 0 Å². The second kappa shape index (κ2) is 5.75. The van der Waals surface area contributed by atoms with Crippen LogP contribution in [0.2, 0.25) is 0 Å². The van der Waals surface area contributed by atoms with Crippen LogP contribution in [-0.2, 0) is 4.74 Å². The maximum absolute atomic E-state index is 13.2. The van der Waals surface area contributed by atoms with Crippen LogP contribution in [0, 0.1) is 5.82 Å². The summed E-state index contributed by atoms with van der Waals surface area (Å²) in [6.45, 7) is 0.0103. The van der Waals surface area contributed by atoms with Crippen molar-refractivity contribution >= 4 is 17.1 Å². The molecule has 0 N–H and O–H groups in total. The molecule has 0 saturated carbocycles. The molecule has 5 heteroatoms. The lowest BCUT2D eigenvalue weighted by Crippen LogP contribution is -2.06. The van der Waals surface area contributed by atoms with Gasteiger partial charge in [0.05, 0.1) is 10.4 Å². The Kier molecular flexibility index (Phi) is 4.07. The first-order chi connectivity index (χ1) is 8.72. The van der Waals surface area contributed by atoms with Crippen LogP contribution in [-0.4, -0.2) is 19.7 Å². The fourth-order valence-electron chi connectivity index (χ4n) is 1.47. The maximum atomic E-state index is 13.2. The van der Waals surface area contributed by atoms with Gasteiger partial charge >= 0.3 is 0 Å². The Bertz CT molecular complexity index is 537. The molecule has 1 aromatic carbocycles. The van der Waals surface area contributed by atoms with Gasteiger partial charge in [-0.3, -0.25) is 4.79 Å². The Morgan fingerprint density at radius 3 is 2.89 bits per heavy atom. The molecule has 0 atom stereocenters. The number of hydrogen-bond acceptors (Lipinski definition) is 4. The van der Waals surface area contributed by atoms with Gasteiger partial charge in [-0.1, -0.05) is 6.07 Å². The number of carbonyl (C=O) groups is 1. The Hall–Kier alpha value is -1.72. The molecule has 0 radical (unpaired) electrons. The van der Waals surface area contributed by atoms with E-state index in [1.54, 1.807) is 17.5 Å². The first-order valence-electron chi connectivity index (χ1n) is 5.22. The molecule has 2 rings (SSSR count). The summed E-state index contributed by atoms with van der Waals surface area (Å²) < 4.78 is 23.3. The smallest absolute Gasteiger partial charge is 0.206 e. The lowest BCUT2D eigenvalue weighted by Gasteiger charge is -2.09. The summed E-state index contributed by atoms with van der Waals surface area (Å²) in [5.74, 6) is -0.410. The summed E-state index contributed by atoms with van der Waals surface area (Å²) in [5.41, 5.74) is 0.203. The zero-order valence-corrected chi connectivity index (χ0v) is 10.5. The quantitative estimate of drug-likeness (QED) is 0.616. The van der Waals surface area contributed by atoms with Crippen molar-refractivity contribution in [1.29, 1.82) is 0 Å². The molecule has 0 fully saturated rings. The van der Waals surface area contributed by atoms with Gasteiger partial charge in [-0.2, -0.15) is 0 Å². The van der Waals surface area contributed by atoms with Crippen molar-refractivity contribution in [3.63, 3.8) is 0 Å². The monoisotopic (exact) mass is 266 g/mol. The fourth-order valence-corrected chi connectivity index (χ4v) is 2.15. The molecule has 3 nitrogen and oxygen atoms in total. The van der Waals surface area contributed by atoms with Crippen molar-refractivity contribution < 1.29 is 18.7 Å². The van der Waals surface area contributed by atoms with Gasteiger partial charge in [0.15, 0.2) is 6.79 Å². The number of halogens is 1. The van der Waals surface area contributed by atoms with Crippen molar-refractivity contribution in [2.45, 2.75) is 0 Å². The largest absolute Gasteiger partial charge is 0.467 e. The fraction of sp³-hybridized carbons (Fsp3) is 0.154. The number of hydrogen-bond donors (Lipinski definition) is 0. The zero-order chi connectivity index (χ0) is 13.0. The van der Waals surface area contributed by atoms with Gasteiger partial charge in [0, 0.05) is 7.11 Å². The molecule has 0 unspecified atom stereocenters. The normalized spacial score (nSPS) is 10.3. The highest BCUT2D eigenvalue weighted by molar-refractivity contribution is 7.12. The summed E-state index contributed by atoms with van der Waals surface area (Å²) in [6.07, 6.45) is 0. The van der Waals surface area contributed by atoms with E-state index < -0.39 is 5.82 Å². The van der Waals surface area contributed by atoms with Crippen LogP contribution in [0.4, 0.5) is 4.39 Å². The Balaban J connectivity index is 2.35. The standard InChI is InChI=1S/C13H11FO3S/c1-16-8-17-11-5-4-9(14)7-10(11)13(15)12-3-2-6-18-12/h2-7H,8H2,1H3. The Morgan fingerprint density at radius 1 is 1.39 bits per heavy atom. The molecular formula is C13H11FO3S. The zero-order valence-electron chi connectivity index (χ0n) is 9.68. The minimum Gasteiger partial charge on any atom is -0.467 e. The van der Waals surface area contributed by atoms with E-state index in [0.717, 1.165) is 0 Å². The number of ketones is 1. The van der Waals surface area contributed by atoms with Gasteiger partial charge in [0.25, 0.3) is 0 Å². The molecule has 18 heavy (non-hydrogen) atoms. The molecule has 0 aliphatic heterocycles. The third-order valence-corrected chi connectivity index (χ3v) is 3.13. The molecule has 94 valence electrons. The first kappa shape index (κ1) is 12.7. The Morgan fingerprint density at radius 2 is 2.22 bits per heavy atom. The van der Waals surface area contributed by atoms with Gasteiger partial charge in [-0.05, 0) is 29.6 Å². The van der Waals surface area contributed by atoms with E-state index >= 15 is 0 Å². The molecule has 2 aromatic rings. The lowest BCUT2D eigenvalue weighted by molar-refractivity contribution is 0.0503. The molecule has 0 saturated heterocycles. The molecule has 0 amide bonds. The summed E-state index contributed by atoms with van der Waals surface area (Å²) in [7, 11) is 1.48. The lowest BCUT2D eigenvalue weighted by atomic mass is 10.1. The average Bonchev–Trinajstić information content (AvgIpc) is 2.90. The van der Waals surface area contributed by atoms with E-state index in [2.05, 4.69) is 0 Å². The SMILES string of the molecule is COCOc1ccc(F)cc1C(=O)c1cccs1. The molecule has 0 aliphatic carbocycles. The van der Waals surface area contributed by atoms with E-state index in [9.17, 15) is 9.18 Å². The van der Waals surface area contributed by atoms with Crippen LogP contribution in [0.15, 0.2) is 35.7 Å². The second-order valence-electron chi connectivity index (χ2n) is 3.50. The van der Waals surface area contributed by atoms with Crippen LogP contribution in [0.5, 0.6) is 5.75 Å². The van der Waals surface area contributed by atoms with Crippen molar-refractivity contribution in [1.82, 2.24) is 0 Å². The molecule has 0 aliphatic rings. The number of methoxy groups -OCH3 is 1. The number of thiophene rings is 1. The van der Waals surface area contributed by atoms with Crippen LogP contribution >= 0.6 is 11.3 Å². The summed E-state index contributed by atoms with van der Waals surface area (Å²) in [6, 6.07) is 7.31. The Labute approximate surface area is 108 Å². The van der Waals surface area contributed by atoms with Crippen molar-refractivity contribution in [2.75, 3.05) is 13.9 Å². The number of rotatable bonds is 5. The van der Waals surface area contributed by atoms with Crippen LogP contribution in [0.3, 0.4) is 0 Å². The van der Waals surface area contributed by atoms with E-state index in [0.29, 0.717) is 10.6 Å². The van der Waals surface area contributed by atoms with Crippen LogP contribution < -0.4 is 4.74 Å². The van der Waals surface area contributed by atoms with E-state index in [-0.39, 0.29) is 18.1 Å². The average molecular weight is 266 g/mol. The highest BCUT2D eigenvalue weighted by atomic mass is 32.1. The predicted molar refractivity (Wildman–Crippen MR) is 66.7 cm³/mol. The van der Waals surface area contributed by atoms with Crippen molar-refractivity contribution in [3.8, 4) is 5.75 Å². The molecular weight excluding hydrogens is 255 g/mol. The topological polar surface area (TPSA) is 35.5 Å². The van der Waals surface area contributed by atoms with E-state index in [1.165, 1.54) is 36.6 Å². The predicted octanol–water partition coefficient (Wildman–Crippen LogP) is 3.10. The number of ether oxygens (including phenoxy) is 2. The van der Waals surface area contributed by atoms with Gasteiger partial charge in [0.1, 0.15) is 11.6 Å². The highest BCUT2D eigenvalue weighted by Gasteiger charge is 2.16. The maximum Gasteiger partial charge on any atom is 0.206 e. The third kappa shape index (κ3) is 2.75. The van der Waals surface area contributed by atoms with Crippen molar-refractivity contribution in [3.05, 3.63) is 52.0 Å². The molecule has 1 heterocycles. The summed E-state index contributed by atoms with van der Waals surface area (Å²) >= 11 is 1.31. The summed E-state index contributed by atoms with van der Waals surface area (Å²) in [5, 5.41) is 1.79. The molecule has 0 spiro atoms. The third-order valence-electron chi connectivity index (χ3n) is 2.26. The minimum absolute atomic E-state index is 0.0103. The number of carbonyl (C=O) groups excluding carboxylic acids is 1. The van der Waals surface area contributed by atoms with Gasteiger partial charge in [-0.15, -0.1) is 11.3 Å². The van der Waals surface area contributed by atoms with Crippen LogP contribution in [0.1, 0.15) is 15.2 Å². The van der Waals surface area contributed by atoms with Crippen molar-refractivity contribution in [2.24, 2.45) is 0 Å². The second-order valence-corrected chi connectivity index (χ2v) is 4.45. The number of benzene rings is 1. The van der Waals surface area contributed by atoms with Gasteiger partial charge in [0.2, 0.25) is 5.78 Å². The molecule has 0 bridgehead atoms. The summed E-state index contributed by atoms with van der Waals surface area (Å²) in [4.78, 5) is 12.7.